The third-order valence-electron chi connectivity index (χ3n) is 2.33. The lowest BCUT2D eigenvalue weighted by Gasteiger charge is -2.08. The minimum Gasteiger partial charge on any atom is -0.382 e. The molecule has 0 fully saturated rings. The van der Waals surface area contributed by atoms with Crippen molar-refractivity contribution in [1.82, 2.24) is 0 Å². The molecule has 1 aromatic rings. The van der Waals surface area contributed by atoms with Gasteiger partial charge in [0.05, 0.1) is 5.69 Å². The Labute approximate surface area is 117 Å². The molecule has 0 unspecified atom stereocenters. The van der Waals surface area contributed by atoms with Crippen LogP contribution in [0.15, 0.2) is 29.4 Å². The molecule has 0 saturated carbocycles. The Balaban J connectivity index is 2.71. The largest absolute Gasteiger partial charge is 0.382 e. The van der Waals surface area contributed by atoms with Gasteiger partial charge in [-0.3, -0.25) is 15.6 Å². The molecule has 20 heavy (non-hydrogen) atoms. The number of hydrazone groups is 1. The number of benzene rings is 1. The number of amides is 1. The second-order valence-electron chi connectivity index (χ2n) is 4.32. The van der Waals surface area contributed by atoms with Gasteiger partial charge >= 0.3 is 0 Å². The summed E-state index contributed by atoms with van der Waals surface area (Å²) in [5.74, 6) is -0.556. The van der Waals surface area contributed by atoms with E-state index in [1.54, 1.807) is 30.3 Å². The molecule has 0 radical (unpaired) electrons. The average Bonchev–Trinajstić information content (AvgIpc) is 2.40. The van der Waals surface area contributed by atoms with Crippen molar-refractivity contribution in [3.8, 4) is 6.07 Å². The van der Waals surface area contributed by atoms with E-state index in [9.17, 15) is 4.79 Å². The first-order valence-corrected chi connectivity index (χ1v) is 5.93. The zero-order chi connectivity index (χ0) is 15.1. The Hall–Kier alpha value is -2.88. The van der Waals surface area contributed by atoms with Crippen LogP contribution in [0.4, 0.5) is 11.4 Å². The molecule has 1 aromatic carbocycles. The summed E-state index contributed by atoms with van der Waals surface area (Å²) in [6.07, 6.45) is 0. The van der Waals surface area contributed by atoms with Crippen molar-refractivity contribution in [3.05, 3.63) is 24.3 Å². The molecule has 0 aliphatic carbocycles. The van der Waals surface area contributed by atoms with Crippen LogP contribution in [0.2, 0.25) is 0 Å². The van der Waals surface area contributed by atoms with Crippen LogP contribution in [-0.4, -0.2) is 17.5 Å². The third-order valence-corrected chi connectivity index (χ3v) is 2.33. The maximum atomic E-state index is 11.5. The number of hydrogen-bond acceptors (Lipinski definition) is 5. The fraction of sp³-hybridized carbons (Fsp3) is 0.231. The van der Waals surface area contributed by atoms with Gasteiger partial charge in [-0.2, -0.15) is 10.4 Å². The molecule has 0 saturated heterocycles. The van der Waals surface area contributed by atoms with Crippen LogP contribution in [0.5, 0.6) is 0 Å². The summed E-state index contributed by atoms with van der Waals surface area (Å²) in [5.41, 5.74) is 8.87. The van der Waals surface area contributed by atoms with Crippen molar-refractivity contribution >= 4 is 28.8 Å². The number of nitrogens with two attached hydrogens (primary N) is 1. The summed E-state index contributed by atoms with van der Waals surface area (Å²) >= 11 is 0. The number of anilines is 2. The highest BCUT2D eigenvalue weighted by atomic mass is 16.1. The van der Waals surface area contributed by atoms with E-state index < -0.39 is 5.84 Å². The van der Waals surface area contributed by atoms with Crippen LogP contribution >= 0.6 is 0 Å². The predicted octanol–water partition coefficient (Wildman–Crippen LogP) is 1.51. The van der Waals surface area contributed by atoms with Crippen LogP contribution < -0.4 is 16.5 Å². The second kappa shape index (κ2) is 6.89. The highest BCUT2D eigenvalue weighted by Crippen LogP contribution is 2.14. The first-order valence-electron chi connectivity index (χ1n) is 5.93. The van der Waals surface area contributed by atoms with E-state index in [1.807, 2.05) is 13.8 Å². The van der Waals surface area contributed by atoms with Crippen LogP contribution in [0.25, 0.3) is 0 Å². The number of nitrogens with zero attached hydrogens (tertiary/aromatic N) is 2. The number of carbonyl (C=O) groups is 1. The number of amidine groups is 1. The van der Waals surface area contributed by atoms with Gasteiger partial charge in [0, 0.05) is 11.6 Å². The van der Waals surface area contributed by atoms with E-state index in [1.165, 1.54) is 0 Å². The van der Waals surface area contributed by atoms with Crippen molar-refractivity contribution in [2.24, 2.45) is 16.8 Å². The highest BCUT2D eigenvalue weighted by molar-refractivity contribution is 6.45. The maximum absolute atomic E-state index is 11.5. The number of hydrogen-bond donors (Lipinski definition) is 4. The standard InChI is InChI=1S/C13H16N6O/c1-8(2)13(20)17-9-3-5-10(6-4-9)18-19-11(7-14)12(15)16/h3-6,8,18H,1-2H3,(H3,15,16)(H,17,20)/b19-11+. The molecule has 0 aliphatic heterocycles. The minimum atomic E-state index is -0.402. The number of carbonyl (C=O) groups excluding carboxylic acids is 1. The molecule has 0 aromatic heterocycles. The van der Waals surface area contributed by atoms with Crippen molar-refractivity contribution in [1.29, 1.82) is 10.7 Å². The fourth-order valence-electron chi connectivity index (χ4n) is 1.18. The van der Waals surface area contributed by atoms with Crippen molar-refractivity contribution in [2.75, 3.05) is 10.7 Å². The van der Waals surface area contributed by atoms with Gasteiger partial charge in [0.2, 0.25) is 11.6 Å². The minimum absolute atomic E-state index is 0.0629. The maximum Gasteiger partial charge on any atom is 0.226 e. The molecular formula is C13H16N6O. The van der Waals surface area contributed by atoms with Gasteiger partial charge in [-0.15, -0.1) is 0 Å². The summed E-state index contributed by atoms with van der Waals surface area (Å²) in [7, 11) is 0. The molecule has 0 atom stereocenters. The Bertz CT molecular complexity index is 568. The van der Waals surface area contributed by atoms with E-state index in [-0.39, 0.29) is 17.5 Å². The number of nitriles is 1. The van der Waals surface area contributed by atoms with E-state index in [0.29, 0.717) is 11.4 Å². The Morgan fingerprint density at radius 3 is 2.35 bits per heavy atom. The molecule has 7 nitrogen and oxygen atoms in total. The Morgan fingerprint density at radius 1 is 1.35 bits per heavy atom. The smallest absolute Gasteiger partial charge is 0.226 e. The molecule has 1 rings (SSSR count). The van der Waals surface area contributed by atoms with E-state index in [2.05, 4.69) is 15.8 Å². The van der Waals surface area contributed by atoms with Crippen LogP contribution in [0.1, 0.15) is 13.8 Å². The normalized spacial score (nSPS) is 10.8. The van der Waals surface area contributed by atoms with E-state index >= 15 is 0 Å². The summed E-state index contributed by atoms with van der Waals surface area (Å²) in [6.45, 7) is 3.62. The zero-order valence-electron chi connectivity index (χ0n) is 11.3. The number of nitrogens with one attached hydrogen (secondary N) is 3. The van der Waals surface area contributed by atoms with E-state index in [4.69, 9.17) is 16.4 Å². The van der Waals surface area contributed by atoms with Gasteiger partial charge in [0.1, 0.15) is 6.07 Å². The molecule has 104 valence electrons. The zero-order valence-corrected chi connectivity index (χ0v) is 11.3. The van der Waals surface area contributed by atoms with Gasteiger partial charge in [-0.25, -0.2) is 0 Å². The summed E-state index contributed by atoms with van der Waals surface area (Å²) < 4.78 is 0. The van der Waals surface area contributed by atoms with Gasteiger partial charge in [-0.1, -0.05) is 13.8 Å². The molecule has 0 aliphatic rings. The summed E-state index contributed by atoms with van der Waals surface area (Å²) in [6, 6.07) is 8.49. The van der Waals surface area contributed by atoms with Crippen LogP contribution in [0.3, 0.4) is 0 Å². The SMILES string of the molecule is CC(C)C(=O)Nc1ccc(N/N=C(\C#N)C(=N)N)cc1. The molecule has 7 heteroatoms. The lowest BCUT2D eigenvalue weighted by Crippen LogP contribution is -2.21. The van der Waals surface area contributed by atoms with Gasteiger partial charge in [0.25, 0.3) is 0 Å². The second-order valence-corrected chi connectivity index (χ2v) is 4.32. The van der Waals surface area contributed by atoms with Gasteiger partial charge in [-0.05, 0) is 24.3 Å². The molecular weight excluding hydrogens is 256 g/mol. The van der Waals surface area contributed by atoms with Crippen molar-refractivity contribution in [3.63, 3.8) is 0 Å². The Kier molecular flexibility index (Phi) is 5.23. The first-order chi connectivity index (χ1) is 9.43. The van der Waals surface area contributed by atoms with E-state index in [0.717, 1.165) is 0 Å². The van der Waals surface area contributed by atoms with Gasteiger partial charge in [0.15, 0.2) is 5.84 Å². The third kappa shape index (κ3) is 4.42. The first kappa shape index (κ1) is 15.2. The highest BCUT2D eigenvalue weighted by Gasteiger charge is 2.06. The molecule has 1 amide bonds. The lowest BCUT2D eigenvalue weighted by atomic mass is 10.2. The van der Waals surface area contributed by atoms with Crippen LogP contribution in [-0.2, 0) is 4.79 Å². The summed E-state index contributed by atoms with van der Waals surface area (Å²) in [4.78, 5) is 11.5. The lowest BCUT2D eigenvalue weighted by molar-refractivity contribution is -0.118. The quantitative estimate of drug-likeness (QED) is 0.368. The molecule has 5 N–H and O–H groups in total. The van der Waals surface area contributed by atoms with Crippen molar-refractivity contribution < 1.29 is 4.79 Å². The van der Waals surface area contributed by atoms with Crippen LogP contribution in [0, 0.1) is 22.7 Å². The van der Waals surface area contributed by atoms with Gasteiger partial charge < -0.3 is 11.1 Å². The average molecular weight is 272 g/mol. The molecule has 0 spiro atoms. The molecule has 0 bridgehead atoms. The topological polar surface area (TPSA) is 127 Å². The monoisotopic (exact) mass is 272 g/mol. The Morgan fingerprint density at radius 2 is 1.90 bits per heavy atom. The fourth-order valence-corrected chi connectivity index (χ4v) is 1.18. The molecule has 0 heterocycles. The summed E-state index contributed by atoms with van der Waals surface area (Å²) in [5, 5.41) is 22.2. The predicted molar refractivity (Wildman–Crippen MR) is 78.5 cm³/mol. The number of rotatable bonds is 5. The van der Waals surface area contributed by atoms with Crippen molar-refractivity contribution in [2.45, 2.75) is 13.8 Å².